The molecule has 2 aromatic carbocycles. The Hall–Kier alpha value is -4.52. The molecule has 0 radical (unpaired) electrons. The number of nitrogens with zero attached hydrogens (tertiary/aromatic N) is 2. The second kappa shape index (κ2) is 9.79. The summed E-state index contributed by atoms with van der Waals surface area (Å²) in [5, 5.41) is 50.6. The monoisotopic (exact) mass is 588 g/mol. The van der Waals surface area contributed by atoms with Crippen LogP contribution in [-0.4, -0.2) is 73.5 Å². The lowest BCUT2D eigenvalue weighted by Crippen LogP contribution is -2.65. The van der Waals surface area contributed by atoms with E-state index in [-0.39, 0.29) is 29.7 Å². The molecule has 11 nitrogen and oxygen atoms in total. The highest BCUT2D eigenvalue weighted by Gasteiger charge is 2.64. The zero-order valence-corrected chi connectivity index (χ0v) is 23.5. The van der Waals surface area contributed by atoms with Gasteiger partial charge in [0.15, 0.2) is 16.5 Å². The number of carbonyl (C=O) groups excluding carboxylic acids is 3. The number of Topliss-reactive ketones (excluding diaryl/α,β-unsaturated/α-hetero) is 2. The maximum absolute atomic E-state index is 14.0. The molecule has 1 amide bonds. The number of primary amides is 1. The summed E-state index contributed by atoms with van der Waals surface area (Å²) in [6, 6.07) is 11.5. The van der Waals surface area contributed by atoms with E-state index >= 15 is 0 Å². The first-order valence-electron chi connectivity index (χ1n) is 13.2. The molecule has 1 saturated carbocycles. The molecular formula is C30H28N4O7S. The number of thiazole rings is 1. The van der Waals surface area contributed by atoms with Crippen molar-refractivity contribution in [1.82, 2.24) is 9.88 Å². The predicted octanol–water partition coefficient (Wildman–Crippen LogP) is 2.83. The standard InChI is InChI=1S/C30H28N4O7S/c1-34(2)23-16-11-14-10-15-17(32-29-33-18(12-42-29)13-6-4-3-5-7-13)8-9-19(35)21(15)24(36)20(14)26(38)30(16,41)27(39)22(25(23)37)28(31)40/h3-9,12,14,16,23,35-36,39,41H,10-11H2,1-2H3,(H2,31,40)(H,32,33)/t14?,16?,23-,30-/m0/s1. The zero-order chi connectivity index (χ0) is 30.1. The van der Waals surface area contributed by atoms with Crippen LogP contribution in [-0.2, 0) is 20.8 Å². The molecule has 3 aliphatic rings. The number of benzene rings is 2. The first kappa shape index (κ1) is 27.6. The van der Waals surface area contributed by atoms with Crippen molar-refractivity contribution in [2.24, 2.45) is 17.6 Å². The molecule has 1 fully saturated rings. The van der Waals surface area contributed by atoms with Gasteiger partial charge in [0.25, 0.3) is 5.91 Å². The van der Waals surface area contributed by atoms with E-state index < -0.39 is 58.0 Å². The van der Waals surface area contributed by atoms with E-state index in [4.69, 9.17) is 5.73 Å². The maximum Gasteiger partial charge on any atom is 0.255 e. The normalized spacial score (nSPS) is 25.3. The smallest absolute Gasteiger partial charge is 0.255 e. The number of ketones is 2. The molecule has 1 aromatic heterocycles. The van der Waals surface area contributed by atoms with E-state index in [0.717, 1.165) is 11.3 Å². The number of nitrogens with two attached hydrogens (primary N) is 1. The van der Waals surface area contributed by atoms with Crippen LogP contribution in [0.1, 0.15) is 17.5 Å². The topological polar surface area (TPSA) is 186 Å². The van der Waals surface area contributed by atoms with E-state index in [0.29, 0.717) is 16.4 Å². The first-order valence-corrected chi connectivity index (χ1v) is 14.1. The summed E-state index contributed by atoms with van der Waals surface area (Å²) in [5.41, 5.74) is 4.46. The summed E-state index contributed by atoms with van der Waals surface area (Å²) in [4.78, 5) is 45.5. The van der Waals surface area contributed by atoms with Gasteiger partial charge >= 0.3 is 0 Å². The van der Waals surface area contributed by atoms with Gasteiger partial charge in [-0.1, -0.05) is 30.3 Å². The highest BCUT2D eigenvalue weighted by Crippen LogP contribution is 2.53. The largest absolute Gasteiger partial charge is 0.508 e. The molecule has 0 aliphatic heterocycles. The summed E-state index contributed by atoms with van der Waals surface area (Å²) in [6.07, 6.45) is 0.179. The van der Waals surface area contributed by atoms with E-state index in [9.17, 15) is 34.8 Å². The summed E-state index contributed by atoms with van der Waals surface area (Å²) in [6.45, 7) is 0. The molecule has 4 atom stereocenters. The van der Waals surface area contributed by atoms with Gasteiger partial charge in [-0.3, -0.25) is 19.3 Å². The predicted molar refractivity (Wildman–Crippen MR) is 155 cm³/mol. The number of rotatable bonds is 5. The number of aromatic nitrogens is 1. The molecule has 1 heterocycles. The van der Waals surface area contributed by atoms with Gasteiger partial charge in [-0.25, -0.2) is 4.98 Å². The van der Waals surface area contributed by atoms with Crippen molar-refractivity contribution < 1.29 is 34.8 Å². The number of hydrogen-bond acceptors (Lipinski definition) is 11. The number of hydrogen-bond donors (Lipinski definition) is 6. The highest BCUT2D eigenvalue weighted by molar-refractivity contribution is 7.14. The van der Waals surface area contributed by atoms with Crippen LogP contribution in [0.5, 0.6) is 5.75 Å². The summed E-state index contributed by atoms with van der Waals surface area (Å²) in [7, 11) is 3.12. The van der Waals surface area contributed by atoms with E-state index in [1.165, 1.54) is 22.3 Å². The minimum Gasteiger partial charge on any atom is -0.508 e. The molecule has 0 bridgehead atoms. The third-order valence-corrected chi connectivity index (χ3v) is 9.18. The van der Waals surface area contributed by atoms with Gasteiger partial charge < -0.3 is 31.5 Å². The number of fused-ring (bicyclic) bond motifs is 3. The minimum absolute atomic E-state index is 0.0102. The molecule has 7 N–H and O–H groups in total. The SMILES string of the molecule is CN(C)[C@@H]1C(=O)C(C(N)=O)=C(O)[C@@]2(O)C(=O)C3=C(O)c4c(O)ccc(Nc5nc(-c6ccccc6)cs5)c4CC3CC12. The quantitative estimate of drug-likeness (QED) is 0.191. The minimum atomic E-state index is -2.68. The van der Waals surface area contributed by atoms with Crippen LogP contribution < -0.4 is 11.1 Å². The third-order valence-electron chi connectivity index (χ3n) is 8.42. The fourth-order valence-corrected chi connectivity index (χ4v) is 7.28. The van der Waals surface area contributed by atoms with Crippen molar-refractivity contribution in [1.29, 1.82) is 0 Å². The number of aromatic hydroxyl groups is 1. The van der Waals surface area contributed by atoms with Gasteiger partial charge in [0.05, 0.1) is 17.3 Å². The second-order valence-corrected chi connectivity index (χ2v) is 11.8. The molecule has 3 aliphatic carbocycles. The van der Waals surface area contributed by atoms with Crippen LogP contribution in [0.25, 0.3) is 17.0 Å². The summed E-state index contributed by atoms with van der Waals surface area (Å²) in [5.74, 6) is -6.87. The average Bonchev–Trinajstić information content (AvgIpc) is 3.41. The molecule has 3 aromatic rings. The highest BCUT2D eigenvalue weighted by atomic mass is 32.1. The van der Waals surface area contributed by atoms with E-state index in [1.54, 1.807) is 20.2 Å². The molecule has 2 unspecified atom stereocenters. The fourth-order valence-electron chi connectivity index (χ4n) is 6.55. The maximum atomic E-state index is 14.0. The Morgan fingerprint density at radius 1 is 1.12 bits per heavy atom. The Balaban J connectivity index is 1.44. The first-order chi connectivity index (χ1) is 19.9. The Morgan fingerprint density at radius 2 is 1.83 bits per heavy atom. The van der Waals surface area contributed by atoms with Crippen LogP contribution in [0.4, 0.5) is 10.8 Å². The van der Waals surface area contributed by atoms with Gasteiger partial charge in [0.1, 0.15) is 22.8 Å². The number of carbonyl (C=O) groups is 3. The number of amides is 1. The van der Waals surface area contributed by atoms with E-state index in [1.807, 2.05) is 35.7 Å². The van der Waals surface area contributed by atoms with Crippen LogP contribution in [0.3, 0.4) is 0 Å². The molecule has 6 rings (SSSR count). The lowest BCUT2D eigenvalue weighted by Gasteiger charge is -2.50. The lowest BCUT2D eigenvalue weighted by molar-refractivity contribution is -0.153. The molecule has 12 heteroatoms. The van der Waals surface area contributed by atoms with Crippen LogP contribution >= 0.6 is 11.3 Å². The number of likely N-dealkylation sites (N-methyl/N-ethyl adjacent to an activating group) is 1. The van der Waals surface area contributed by atoms with Crippen molar-refractivity contribution in [3.63, 3.8) is 0 Å². The molecular weight excluding hydrogens is 560 g/mol. The second-order valence-electron chi connectivity index (χ2n) is 11.0. The number of anilines is 2. The number of aliphatic hydroxyl groups is 3. The van der Waals surface area contributed by atoms with Crippen molar-refractivity contribution in [2.75, 3.05) is 19.4 Å². The van der Waals surface area contributed by atoms with Crippen LogP contribution in [0.15, 0.2) is 64.8 Å². The number of aliphatic hydroxyl groups excluding tert-OH is 2. The molecule has 42 heavy (non-hydrogen) atoms. The van der Waals surface area contributed by atoms with E-state index in [2.05, 4.69) is 10.3 Å². The average molecular weight is 589 g/mol. The van der Waals surface area contributed by atoms with Crippen LogP contribution in [0, 0.1) is 11.8 Å². The van der Waals surface area contributed by atoms with Gasteiger partial charge in [0.2, 0.25) is 5.78 Å². The lowest BCUT2D eigenvalue weighted by atomic mass is 9.57. The summed E-state index contributed by atoms with van der Waals surface area (Å²) < 4.78 is 0. The summed E-state index contributed by atoms with van der Waals surface area (Å²) >= 11 is 1.38. The Labute approximate surface area is 244 Å². The van der Waals surface area contributed by atoms with Crippen LogP contribution in [0.2, 0.25) is 0 Å². The van der Waals surface area contributed by atoms with Gasteiger partial charge in [-0.15, -0.1) is 11.3 Å². The fraction of sp³-hybridized carbons (Fsp3) is 0.267. The van der Waals surface area contributed by atoms with Gasteiger partial charge in [0, 0.05) is 28.1 Å². The van der Waals surface area contributed by atoms with Gasteiger partial charge in [-0.2, -0.15) is 0 Å². The van der Waals surface area contributed by atoms with Crippen molar-refractivity contribution in [2.45, 2.75) is 24.5 Å². The number of phenolic OH excluding ortho intramolecular Hbond substituents is 1. The number of nitrogens with one attached hydrogen (secondary N) is 1. The third kappa shape index (κ3) is 3.94. The molecule has 216 valence electrons. The Bertz CT molecular complexity index is 1730. The van der Waals surface area contributed by atoms with Crippen molar-refractivity contribution in [3.05, 3.63) is 75.9 Å². The van der Waals surface area contributed by atoms with Crippen molar-refractivity contribution in [3.8, 4) is 17.0 Å². The number of phenols is 1. The molecule has 0 spiro atoms. The molecule has 0 saturated heterocycles. The Morgan fingerprint density at radius 3 is 2.50 bits per heavy atom. The Kier molecular flexibility index (Phi) is 6.44. The zero-order valence-electron chi connectivity index (χ0n) is 22.7. The van der Waals surface area contributed by atoms with Gasteiger partial charge in [-0.05, 0) is 50.6 Å². The van der Waals surface area contributed by atoms with Crippen molar-refractivity contribution >= 4 is 45.4 Å².